The number of benzene rings is 1. The van der Waals surface area contributed by atoms with E-state index in [2.05, 4.69) is 15.3 Å². The van der Waals surface area contributed by atoms with Gasteiger partial charge >= 0.3 is 6.18 Å². The number of carbonyl (C=O) groups excluding carboxylic acids is 2. The number of carbonyl (C=O) groups is 2. The minimum absolute atomic E-state index is 0.0156. The second-order valence-corrected chi connectivity index (χ2v) is 7.36. The summed E-state index contributed by atoms with van der Waals surface area (Å²) in [6, 6.07) is 5.15. The normalized spacial score (nSPS) is 17.2. The molecule has 0 saturated heterocycles. The Morgan fingerprint density at radius 3 is 2.41 bits per heavy atom. The van der Waals surface area contributed by atoms with Crippen LogP contribution in [0.5, 0.6) is 5.75 Å². The van der Waals surface area contributed by atoms with Gasteiger partial charge in [-0.1, -0.05) is 6.08 Å². The van der Waals surface area contributed by atoms with Crippen LogP contribution in [0.15, 0.2) is 36.4 Å². The van der Waals surface area contributed by atoms with Gasteiger partial charge in [0.15, 0.2) is 5.82 Å². The molecule has 8 nitrogen and oxygen atoms in total. The van der Waals surface area contributed by atoms with Crippen LogP contribution >= 0.6 is 0 Å². The molecule has 32 heavy (non-hydrogen) atoms. The first-order valence-corrected chi connectivity index (χ1v) is 9.81. The summed E-state index contributed by atoms with van der Waals surface area (Å²) in [5.74, 6) is -0.472. The molecular formula is C21H22F3N5O3. The number of rotatable bonds is 7. The number of halogens is 3. The van der Waals surface area contributed by atoms with Crippen molar-refractivity contribution in [2.75, 3.05) is 5.32 Å². The van der Waals surface area contributed by atoms with Gasteiger partial charge in [0.05, 0.1) is 5.56 Å². The van der Waals surface area contributed by atoms with Crippen LogP contribution in [0.2, 0.25) is 0 Å². The first kappa shape index (κ1) is 23.0. The highest BCUT2D eigenvalue weighted by Gasteiger charge is 2.30. The van der Waals surface area contributed by atoms with E-state index in [0.717, 1.165) is 17.7 Å². The molecule has 2 amide bonds. The molecule has 11 heteroatoms. The number of nitrogens with zero attached hydrogens (tertiary/aromatic N) is 2. The molecule has 2 aromatic rings. The molecule has 0 bridgehead atoms. The van der Waals surface area contributed by atoms with Crippen LogP contribution in [0.1, 0.15) is 48.1 Å². The maximum Gasteiger partial charge on any atom is 0.416 e. The van der Waals surface area contributed by atoms with Gasteiger partial charge in [0.25, 0.3) is 5.91 Å². The van der Waals surface area contributed by atoms with E-state index in [0.29, 0.717) is 25.0 Å². The maximum atomic E-state index is 12.7. The molecule has 0 aliphatic heterocycles. The summed E-state index contributed by atoms with van der Waals surface area (Å²) in [6.45, 7) is 1.55. The van der Waals surface area contributed by atoms with Crippen molar-refractivity contribution in [2.45, 2.75) is 44.5 Å². The van der Waals surface area contributed by atoms with Crippen LogP contribution in [0.3, 0.4) is 0 Å². The van der Waals surface area contributed by atoms with Crippen LogP contribution < -0.4 is 21.5 Å². The van der Waals surface area contributed by atoms with Crippen LogP contribution in [0.25, 0.3) is 5.57 Å². The third-order valence-electron chi connectivity index (χ3n) is 4.90. The second kappa shape index (κ2) is 9.25. The first-order valence-electron chi connectivity index (χ1n) is 9.81. The molecule has 0 radical (unpaired) electrons. The smallest absolute Gasteiger partial charge is 0.416 e. The summed E-state index contributed by atoms with van der Waals surface area (Å²) in [7, 11) is 0. The van der Waals surface area contributed by atoms with Crippen LogP contribution in [-0.4, -0.2) is 33.9 Å². The molecule has 2 unspecified atom stereocenters. The van der Waals surface area contributed by atoms with Crippen molar-refractivity contribution in [1.82, 2.24) is 9.97 Å². The van der Waals surface area contributed by atoms with Crippen molar-refractivity contribution in [3.8, 4) is 5.75 Å². The lowest BCUT2D eigenvalue weighted by atomic mass is 9.96. The number of amides is 2. The highest BCUT2D eigenvalue weighted by molar-refractivity contribution is 5.92. The molecule has 1 aromatic heterocycles. The summed E-state index contributed by atoms with van der Waals surface area (Å²) in [5.41, 5.74) is 10.6. The van der Waals surface area contributed by atoms with Gasteiger partial charge in [-0.2, -0.15) is 13.2 Å². The number of alkyl halides is 3. The van der Waals surface area contributed by atoms with Crippen LogP contribution in [-0.2, 0) is 11.0 Å². The number of hydrogen-bond donors (Lipinski definition) is 3. The van der Waals surface area contributed by atoms with E-state index in [1.54, 1.807) is 6.92 Å². The topological polar surface area (TPSA) is 133 Å². The molecule has 2 atom stereocenters. The number of primary amides is 2. The van der Waals surface area contributed by atoms with Gasteiger partial charge in [-0.3, -0.25) is 9.59 Å². The zero-order chi connectivity index (χ0) is 23.5. The maximum absolute atomic E-state index is 12.7. The molecule has 5 N–H and O–H groups in total. The molecule has 3 rings (SSSR count). The number of hydrogen-bond acceptors (Lipinski definition) is 6. The summed E-state index contributed by atoms with van der Waals surface area (Å²) in [6.07, 6.45) is -1.23. The number of nitrogens with one attached hydrogen (secondary N) is 1. The van der Waals surface area contributed by atoms with Gasteiger partial charge in [-0.15, -0.1) is 0 Å². The zero-order valence-corrected chi connectivity index (χ0v) is 17.1. The Kier molecular flexibility index (Phi) is 6.66. The number of ether oxygens (including phenoxy) is 1. The molecule has 1 aromatic carbocycles. The minimum Gasteiger partial charge on any atom is -0.490 e. The number of nitrogens with two attached hydrogens (primary N) is 2. The predicted molar refractivity (Wildman–Crippen MR) is 111 cm³/mol. The number of aromatic nitrogens is 2. The van der Waals surface area contributed by atoms with Gasteiger partial charge in [0.1, 0.15) is 29.4 Å². The number of anilines is 1. The van der Waals surface area contributed by atoms with Crippen LogP contribution in [0.4, 0.5) is 19.0 Å². The Bertz CT molecular complexity index is 1040. The highest BCUT2D eigenvalue weighted by atomic mass is 19.4. The summed E-state index contributed by atoms with van der Waals surface area (Å²) in [5, 5.41) is 2.81. The Labute approximate surface area is 181 Å². The fourth-order valence-electron chi connectivity index (χ4n) is 3.12. The van der Waals surface area contributed by atoms with Crippen molar-refractivity contribution in [2.24, 2.45) is 11.5 Å². The average Bonchev–Trinajstić information content (AvgIpc) is 2.73. The van der Waals surface area contributed by atoms with E-state index in [1.165, 1.54) is 18.2 Å². The predicted octanol–water partition coefficient (Wildman–Crippen LogP) is 2.89. The first-order chi connectivity index (χ1) is 15.0. The lowest BCUT2D eigenvalue weighted by molar-refractivity contribution is -0.137. The van der Waals surface area contributed by atoms with Crippen molar-refractivity contribution in [3.63, 3.8) is 0 Å². The van der Waals surface area contributed by atoms with E-state index in [9.17, 15) is 22.8 Å². The minimum atomic E-state index is -4.40. The Morgan fingerprint density at radius 1 is 1.19 bits per heavy atom. The van der Waals surface area contributed by atoms with Gasteiger partial charge in [-0.05, 0) is 49.6 Å². The van der Waals surface area contributed by atoms with Crippen molar-refractivity contribution >= 4 is 23.2 Å². The largest absolute Gasteiger partial charge is 0.490 e. The number of allylic oxidation sites excluding steroid dienone is 1. The van der Waals surface area contributed by atoms with Gasteiger partial charge in [-0.25, -0.2) is 9.97 Å². The highest BCUT2D eigenvalue weighted by Crippen LogP contribution is 2.32. The second-order valence-electron chi connectivity index (χ2n) is 7.36. The van der Waals surface area contributed by atoms with E-state index in [4.69, 9.17) is 16.2 Å². The zero-order valence-electron chi connectivity index (χ0n) is 17.1. The van der Waals surface area contributed by atoms with Crippen LogP contribution in [0, 0.1) is 0 Å². The van der Waals surface area contributed by atoms with Gasteiger partial charge in [0, 0.05) is 12.5 Å². The molecule has 0 spiro atoms. The third-order valence-corrected chi connectivity index (χ3v) is 4.90. The SMILES string of the molecule is CC(Nc1cc(C(N)=O)nc(C2=CCC(Oc3ccc(C(F)(F)F)cc3)CC2)n1)C(N)=O. The fraction of sp³-hybridized carbons (Fsp3) is 0.333. The summed E-state index contributed by atoms with van der Waals surface area (Å²) >= 11 is 0. The molecule has 1 aliphatic rings. The van der Waals surface area contributed by atoms with Gasteiger partial charge in [0.2, 0.25) is 5.91 Å². The lowest BCUT2D eigenvalue weighted by Gasteiger charge is -2.23. The van der Waals surface area contributed by atoms with E-state index < -0.39 is 29.6 Å². The monoisotopic (exact) mass is 449 g/mol. The molecule has 1 aliphatic carbocycles. The van der Waals surface area contributed by atoms with Crippen molar-refractivity contribution < 1.29 is 27.5 Å². The molecule has 0 fully saturated rings. The van der Waals surface area contributed by atoms with E-state index in [-0.39, 0.29) is 23.4 Å². The Hall–Kier alpha value is -3.63. The van der Waals surface area contributed by atoms with Gasteiger partial charge < -0.3 is 21.5 Å². The lowest BCUT2D eigenvalue weighted by Crippen LogP contribution is -2.33. The molecule has 170 valence electrons. The van der Waals surface area contributed by atoms with Crippen molar-refractivity contribution in [3.05, 3.63) is 53.5 Å². The molecular weight excluding hydrogens is 427 g/mol. The Morgan fingerprint density at radius 2 is 1.88 bits per heavy atom. The summed E-state index contributed by atoms with van der Waals surface area (Å²) < 4.78 is 43.8. The van der Waals surface area contributed by atoms with Crippen molar-refractivity contribution in [1.29, 1.82) is 0 Å². The standard InChI is InChI=1S/C21H22F3N5O3/c1-11(18(25)30)27-17-10-16(19(26)31)28-20(29-17)12-2-6-14(7-3-12)32-15-8-4-13(5-9-15)21(22,23)24/h2,4-5,8-11,14H,3,6-7H2,1H3,(H2,25,30)(H2,26,31)(H,27,28,29). The molecule has 1 heterocycles. The summed E-state index contributed by atoms with van der Waals surface area (Å²) in [4.78, 5) is 31.5. The Balaban J connectivity index is 1.72. The molecule has 0 saturated carbocycles. The average molecular weight is 449 g/mol. The quantitative estimate of drug-likeness (QED) is 0.595. The third kappa shape index (κ3) is 5.74. The van der Waals surface area contributed by atoms with E-state index in [1.807, 2.05) is 6.08 Å². The fourth-order valence-corrected chi connectivity index (χ4v) is 3.12. The van der Waals surface area contributed by atoms with E-state index >= 15 is 0 Å².